The van der Waals surface area contributed by atoms with Gasteiger partial charge in [-0.15, -0.1) is 12.4 Å². The van der Waals surface area contributed by atoms with Gasteiger partial charge in [0.15, 0.2) is 0 Å². The van der Waals surface area contributed by atoms with Crippen LogP contribution in [0, 0.1) is 0 Å². The average Bonchev–Trinajstić information content (AvgIpc) is 2.45. The topological polar surface area (TPSA) is 12.0 Å². The van der Waals surface area contributed by atoms with Crippen LogP contribution in [0.15, 0.2) is 0 Å². The Hall–Kier alpha value is 0.110. The van der Waals surface area contributed by atoms with Crippen molar-refractivity contribution in [3.05, 3.63) is 0 Å². The van der Waals surface area contributed by atoms with E-state index >= 15 is 0 Å². The van der Waals surface area contributed by atoms with E-state index in [1.54, 1.807) is 0 Å². The molecule has 2 aliphatic rings. The van der Waals surface area contributed by atoms with Crippen LogP contribution in [-0.4, -0.2) is 18.0 Å². The van der Waals surface area contributed by atoms with Crippen molar-refractivity contribution in [1.29, 1.82) is 0 Å². The smallest absolute Gasteiger partial charge is 0.251 e. The highest BCUT2D eigenvalue weighted by Gasteiger charge is 2.52. The highest BCUT2D eigenvalue weighted by atomic mass is 35.5. The summed E-state index contributed by atoms with van der Waals surface area (Å²) in [4.78, 5) is 0. The summed E-state index contributed by atoms with van der Waals surface area (Å²) in [6, 6.07) is 0. The zero-order valence-electron chi connectivity index (χ0n) is 6.20. The van der Waals surface area contributed by atoms with Gasteiger partial charge in [-0.3, -0.25) is 0 Å². The Morgan fingerprint density at radius 3 is 2.09 bits per heavy atom. The number of nitrogens with one attached hydrogen (secondary N) is 1. The van der Waals surface area contributed by atoms with E-state index in [1.807, 2.05) is 0 Å². The molecule has 2 fully saturated rings. The van der Waals surface area contributed by atoms with Crippen molar-refractivity contribution in [1.82, 2.24) is 5.32 Å². The molecule has 1 spiro atoms. The Kier molecular flexibility index (Phi) is 2.14. The molecule has 66 valence electrons. The van der Waals surface area contributed by atoms with Gasteiger partial charge in [0.1, 0.15) is 0 Å². The van der Waals surface area contributed by atoms with Gasteiger partial charge < -0.3 is 5.32 Å². The third-order valence-electron chi connectivity index (χ3n) is 2.44. The van der Waals surface area contributed by atoms with Gasteiger partial charge in [-0.1, -0.05) is 0 Å². The summed E-state index contributed by atoms with van der Waals surface area (Å²) < 4.78 is 25.4. The lowest BCUT2D eigenvalue weighted by Gasteiger charge is -2.29. The van der Waals surface area contributed by atoms with E-state index < -0.39 is 5.92 Å². The number of piperidine rings is 1. The van der Waals surface area contributed by atoms with Crippen LogP contribution in [0.2, 0.25) is 0 Å². The molecule has 1 N–H and O–H groups in total. The lowest BCUT2D eigenvalue weighted by Crippen LogP contribution is -2.45. The largest absolute Gasteiger partial charge is 0.311 e. The molecular formula is C7H12ClF2N. The summed E-state index contributed by atoms with van der Waals surface area (Å²) >= 11 is 0. The number of hydrogen-bond donors (Lipinski definition) is 1. The quantitative estimate of drug-likeness (QED) is 0.606. The third kappa shape index (κ3) is 1.82. The molecule has 1 nitrogen and oxygen atoms in total. The van der Waals surface area contributed by atoms with Crippen LogP contribution in [0.3, 0.4) is 0 Å². The molecule has 1 aliphatic heterocycles. The van der Waals surface area contributed by atoms with Gasteiger partial charge in [-0.05, 0) is 12.8 Å². The SMILES string of the molecule is Cl.FC1(F)CCNC2(CC2)C1. The molecule has 0 radical (unpaired) electrons. The molecule has 0 aromatic carbocycles. The minimum absolute atomic E-state index is 0. The van der Waals surface area contributed by atoms with Crippen molar-refractivity contribution < 1.29 is 8.78 Å². The van der Waals surface area contributed by atoms with Gasteiger partial charge in [0, 0.05) is 24.9 Å². The summed E-state index contributed by atoms with van der Waals surface area (Å²) in [6.45, 7) is 0.493. The Morgan fingerprint density at radius 2 is 1.73 bits per heavy atom. The summed E-state index contributed by atoms with van der Waals surface area (Å²) in [5.41, 5.74) is -0.137. The monoisotopic (exact) mass is 183 g/mol. The second-order valence-corrected chi connectivity index (χ2v) is 3.49. The number of halogens is 3. The van der Waals surface area contributed by atoms with Crippen molar-refractivity contribution in [3.63, 3.8) is 0 Å². The van der Waals surface area contributed by atoms with Crippen LogP contribution < -0.4 is 5.32 Å². The van der Waals surface area contributed by atoms with E-state index in [1.165, 1.54) is 0 Å². The lowest BCUT2D eigenvalue weighted by atomic mass is 9.99. The first-order valence-corrected chi connectivity index (χ1v) is 3.75. The molecule has 0 unspecified atom stereocenters. The number of hydrogen-bond acceptors (Lipinski definition) is 1. The lowest BCUT2D eigenvalue weighted by molar-refractivity contribution is -0.0452. The van der Waals surface area contributed by atoms with E-state index in [9.17, 15) is 8.78 Å². The highest BCUT2D eigenvalue weighted by Crippen LogP contribution is 2.47. The Balaban J connectivity index is 0.000000605. The minimum atomic E-state index is -2.39. The van der Waals surface area contributed by atoms with Gasteiger partial charge >= 0.3 is 0 Å². The molecule has 4 heteroatoms. The first-order chi connectivity index (χ1) is 4.62. The maximum Gasteiger partial charge on any atom is 0.251 e. The van der Waals surface area contributed by atoms with Crippen LogP contribution in [0.4, 0.5) is 8.78 Å². The normalized spacial score (nSPS) is 31.1. The van der Waals surface area contributed by atoms with Crippen molar-refractivity contribution in [2.24, 2.45) is 0 Å². The van der Waals surface area contributed by atoms with Gasteiger partial charge in [-0.2, -0.15) is 0 Å². The van der Waals surface area contributed by atoms with E-state index in [-0.39, 0.29) is 30.8 Å². The van der Waals surface area contributed by atoms with Gasteiger partial charge in [0.05, 0.1) is 0 Å². The van der Waals surface area contributed by atoms with E-state index in [4.69, 9.17) is 0 Å². The maximum absolute atomic E-state index is 12.7. The third-order valence-corrected chi connectivity index (χ3v) is 2.44. The molecular weight excluding hydrogens is 172 g/mol. The molecule has 1 saturated carbocycles. The highest BCUT2D eigenvalue weighted by molar-refractivity contribution is 5.85. The molecule has 1 heterocycles. The zero-order chi connectivity index (χ0) is 7.24. The first kappa shape index (κ1) is 9.20. The van der Waals surface area contributed by atoms with Crippen LogP contribution in [0.1, 0.15) is 25.7 Å². The number of rotatable bonds is 0. The Labute approximate surface area is 71.0 Å². The molecule has 2 rings (SSSR count). The van der Waals surface area contributed by atoms with E-state index in [0.717, 1.165) is 12.8 Å². The van der Waals surface area contributed by atoms with Crippen molar-refractivity contribution >= 4 is 12.4 Å². The fourth-order valence-corrected chi connectivity index (χ4v) is 1.66. The van der Waals surface area contributed by atoms with Crippen LogP contribution in [-0.2, 0) is 0 Å². The van der Waals surface area contributed by atoms with Crippen molar-refractivity contribution in [2.45, 2.75) is 37.1 Å². The predicted octanol–water partition coefficient (Wildman–Crippen LogP) is 1.96. The van der Waals surface area contributed by atoms with E-state index in [0.29, 0.717) is 6.54 Å². The molecule has 0 bridgehead atoms. The summed E-state index contributed by atoms with van der Waals surface area (Å²) in [7, 11) is 0. The summed E-state index contributed by atoms with van der Waals surface area (Å²) in [5.74, 6) is -2.39. The predicted molar refractivity (Wildman–Crippen MR) is 41.4 cm³/mol. The van der Waals surface area contributed by atoms with Gasteiger partial charge in [-0.25, -0.2) is 8.78 Å². The van der Waals surface area contributed by atoms with Gasteiger partial charge in [0.25, 0.3) is 5.92 Å². The molecule has 11 heavy (non-hydrogen) atoms. The van der Waals surface area contributed by atoms with Crippen LogP contribution in [0.5, 0.6) is 0 Å². The second kappa shape index (κ2) is 2.56. The van der Waals surface area contributed by atoms with Gasteiger partial charge in [0.2, 0.25) is 0 Å². The number of alkyl halides is 2. The molecule has 0 atom stereocenters. The molecule has 1 aliphatic carbocycles. The molecule has 0 amide bonds. The van der Waals surface area contributed by atoms with Crippen LogP contribution >= 0.6 is 12.4 Å². The Bertz CT molecular complexity index is 153. The first-order valence-electron chi connectivity index (χ1n) is 3.75. The van der Waals surface area contributed by atoms with Crippen LogP contribution in [0.25, 0.3) is 0 Å². The van der Waals surface area contributed by atoms with E-state index in [2.05, 4.69) is 5.32 Å². The Morgan fingerprint density at radius 1 is 1.09 bits per heavy atom. The zero-order valence-corrected chi connectivity index (χ0v) is 7.02. The molecule has 1 saturated heterocycles. The average molecular weight is 184 g/mol. The molecule has 0 aromatic heterocycles. The fourth-order valence-electron chi connectivity index (χ4n) is 1.66. The standard InChI is InChI=1S/C7H11F2N.ClH/c8-7(9)3-4-10-6(5-7)1-2-6;/h10H,1-5H2;1H. The summed E-state index contributed by atoms with van der Waals surface area (Å²) in [5, 5.41) is 3.15. The summed E-state index contributed by atoms with van der Waals surface area (Å²) in [6.07, 6.45) is 1.99. The van der Waals surface area contributed by atoms with Crippen molar-refractivity contribution in [3.8, 4) is 0 Å². The minimum Gasteiger partial charge on any atom is -0.311 e. The molecule has 0 aromatic rings. The maximum atomic E-state index is 12.7. The fraction of sp³-hybridized carbons (Fsp3) is 1.00. The second-order valence-electron chi connectivity index (χ2n) is 3.49. The van der Waals surface area contributed by atoms with Crippen molar-refractivity contribution in [2.75, 3.05) is 6.54 Å².